The summed E-state index contributed by atoms with van der Waals surface area (Å²) in [5.74, 6) is -0.645. The van der Waals surface area contributed by atoms with Gasteiger partial charge < -0.3 is 19.3 Å². The van der Waals surface area contributed by atoms with Crippen LogP contribution in [0.15, 0.2) is 12.2 Å². The van der Waals surface area contributed by atoms with E-state index in [1.54, 1.807) is 0 Å². The van der Waals surface area contributed by atoms with Gasteiger partial charge in [-0.2, -0.15) is 4.89 Å². The third-order valence-electron chi connectivity index (χ3n) is 2.53. The summed E-state index contributed by atoms with van der Waals surface area (Å²) < 4.78 is 14.4. The number of hydrogen-bond acceptors (Lipinski definition) is 7. The standard InChI is InChI=1S/C14H24O8/c1-6-14(4,5)22-21-11(20-12(15)10(2)3)9-18-7-8-19-13(16)17/h11H,2,6-9H2,1,3-5H3,(H,16,17). The summed E-state index contributed by atoms with van der Waals surface area (Å²) in [7, 11) is 0. The van der Waals surface area contributed by atoms with Gasteiger partial charge in [0.15, 0.2) is 0 Å². The zero-order chi connectivity index (χ0) is 17.2. The third kappa shape index (κ3) is 10.1. The fourth-order valence-electron chi connectivity index (χ4n) is 0.912. The van der Waals surface area contributed by atoms with E-state index in [4.69, 9.17) is 24.4 Å². The van der Waals surface area contributed by atoms with E-state index in [1.165, 1.54) is 6.92 Å². The van der Waals surface area contributed by atoms with Crippen molar-refractivity contribution in [2.45, 2.75) is 46.0 Å². The normalized spacial score (nSPS) is 12.5. The average molecular weight is 320 g/mol. The molecule has 22 heavy (non-hydrogen) atoms. The summed E-state index contributed by atoms with van der Waals surface area (Å²) in [5, 5.41) is 8.30. The number of hydrogen-bond donors (Lipinski definition) is 1. The Morgan fingerprint density at radius 2 is 1.91 bits per heavy atom. The van der Waals surface area contributed by atoms with Crippen LogP contribution in [-0.4, -0.2) is 48.9 Å². The summed E-state index contributed by atoms with van der Waals surface area (Å²) in [6.45, 7) is 10.2. The van der Waals surface area contributed by atoms with Crippen molar-refractivity contribution in [1.29, 1.82) is 0 Å². The molecule has 0 bridgehead atoms. The number of ether oxygens (including phenoxy) is 3. The van der Waals surface area contributed by atoms with Gasteiger partial charge >= 0.3 is 12.1 Å². The molecular formula is C14H24O8. The van der Waals surface area contributed by atoms with Crippen molar-refractivity contribution in [2.24, 2.45) is 0 Å². The molecule has 0 saturated heterocycles. The number of carbonyl (C=O) groups is 2. The second kappa shape index (κ2) is 10.1. The van der Waals surface area contributed by atoms with E-state index in [1.807, 2.05) is 20.8 Å². The van der Waals surface area contributed by atoms with Gasteiger partial charge in [-0.1, -0.05) is 13.5 Å². The van der Waals surface area contributed by atoms with Crippen molar-refractivity contribution >= 4 is 12.1 Å². The van der Waals surface area contributed by atoms with Crippen LogP contribution in [0.4, 0.5) is 4.79 Å². The molecule has 1 N–H and O–H groups in total. The predicted molar refractivity (Wildman–Crippen MR) is 76.0 cm³/mol. The Kier molecular flexibility index (Phi) is 9.39. The van der Waals surface area contributed by atoms with Gasteiger partial charge in [0.05, 0.1) is 12.2 Å². The second-order valence-corrected chi connectivity index (χ2v) is 5.10. The number of carbonyl (C=O) groups excluding carboxylic acids is 1. The molecule has 1 unspecified atom stereocenters. The molecule has 0 aromatic carbocycles. The minimum atomic E-state index is -1.39. The lowest BCUT2D eigenvalue weighted by Crippen LogP contribution is -2.32. The van der Waals surface area contributed by atoms with E-state index in [2.05, 4.69) is 11.3 Å². The molecule has 0 amide bonds. The minimum absolute atomic E-state index is 0.00600. The Balaban J connectivity index is 4.30. The van der Waals surface area contributed by atoms with Crippen LogP contribution in [0.5, 0.6) is 0 Å². The first-order valence-electron chi connectivity index (χ1n) is 6.82. The smallest absolute Gasteiger partial charge is 0.450 e. The maximum Gasteiger partial charge on any atom is 0.505 e. The topological polar surface area (TPSA) is 101 Å². The Morgan fingerprint density at radius 1 is 1.27 bits per heavy atom. The molecule has 0 aliphatic carbocycles. The third-order valence-corrected chi connectivity index (χ3v) is 2.53. The highest BCUT2D eigenvalue weighted by Gasteiger charge is 2.23. The Hall–Kier alpha value is -1.64. The van der Waals surface area contributed by atoms with E-state index < -0.39 is 24.0 Å². The van der Waals surface area contributed by atoms with Gasteiger partial charge in [-0.3, -0.25) is 0 Å². The summed E-state index contributed by atoms with van der Waals surface area (Å²) in [4.78, 5) is 32.0. The average Bonchev–Trinajstić information content (AvgIpc) is 2.43. The molecule has 128 valence electrons. The maximum absolute atomic E-state index is 11.5. The first kappa shape index (κ1) is 20.4. The van der Waals surface area contributed by atoms with Crippen LogP contribution in [0.3, 0.4) is 0 Å². The molecule has 8 nitrogen and oxygen atoms in total. The van der Waals surface area contributed by atoms with E-state index in [0.717, 1.165) is 0 Å². The van der Waals surface area contributed by atoms with Gasteiger partial charge in [-0.05, 0) is 27.2 Å². The van der Waals surface area contributed by atoms with Gasteiger partial charge in [0.2, 0.25) is 0 Å². The molecule has 0 saturated carbocycles. The van der Waals surface area contributed by atoms with Crippen LogP contribution in [0.25, 0.3) is 0 Å². The van der Waals surface area contributed by atoms with E-state index in [0.29, 0.717) is 6.42 Å². The number of rotatable bonds is 11. The lowest BCUT2D eigenvalue weighted by Gasteiger charge is -2.25. The summed E-state index contributed by atoms with van der Waals surface area (Å²) >= 11 is 0. The van der Waals surface area contributed by atoms with Crippen LogP contribution in [0, 0.1) is 0 Å². The Labute approximate surface area is 129 Å². The molecule has 0 rings (SSSR count). The van der Waals surface area contributed by atoms with Crippen LogP contribution in [0.2, 0.25) is 0 Å². The molecule has 0 heterocycles. The molecule has 0 fully saturated rings. The lowest BCUT2D eigenvalue weighted by atomic mass is 10.1. The highest BCUT2D eigenvalue weighted by Crippen LogP contribution is 2.16. The SMILES string of the molecule is C=C(C)C(=O)OC(COCCOC(=O)O)OOC(C)(C)CC. The van der Waals surface area contributed by atoms with Crippen LogP contribution in [0.1, 0.15) is 34.1 Å². The first-order valence-corrected chi connectivity index (χ1v) is 6.82. The van der Waals surface area contributed by atoms with Crippen molar-refractivity contribution in [3.8, 4) is 0 Å². The summed E-state index contributed by atoms with van der Waals surface area (Å²) in [6.07, 6.45) is -1.81. The molecule has 0 spiro atoms. The number of carboxylic acid groups (broad SMARTS) is 1. The number of esters is 1. The first-order chi connectivity index (χ1) is 10.2. The van der Waals surface area contributed by atoms with E-state index in [9.17, 15) is 9.59 Å². The largest absolute Gasteiger partial charge is 0.505 e. The quantitative estimate of drug-likeness (QED) is 0.154. The fourth-order valence-corrected chi connectivity index (χ4v) is 0.912. The highest BCUT2D eigenvalue weighted by atomic mass is 17.2. The van der Waals surface area contributed by atoms with Gasteiger partial charge in [0.1, 0.15) is 13.2 Å². The zero-order valence-corrected chi connectivity index (χ0v) is 13.4. The Bertz CT molecular complexity index is 377. The fraction of sp³-hybridized carbons (Fsp3) is 0.714. The van der Waals surface area contributed by atoms with Crippen molar-refractivity contribution < 1.29 is 38.7 Å². The lowest BCUT2D eigenvalue weighted by molar-refractivity contribution is -0.417. The van der Waals surface area contributed by atoms with E-state index in [-0.39, 0.29) is 25.4 Å². The second-order valence-electron chi connectivity index (χ2n) is 5.10. The van der Waals surface area contributed by atoms with Crippen molar-refractivity contribution in [2.75, 3.05) is 19.8 Å². The van der Waals surface area contributed by atoms with Gasteiger partial charge in [0, 0.05) is 5.57 Å². The van der Waals surface area contributed by atoms with E-state index >= 15 is 0 Å². The molecule has 1 atom stereocenters. The summed E-state index contributed by atoms with van der Waals surface area (Å²) in [5.41, 5.74) is -0.349. The van der Waals surface area contributed by atoms with Gasteiger partial charge in [0.25, 0.3) is 6.29 Å². The van der Waals surface area contributed by atoms with Crippen molar-refractivity contribution in [3.05, 3.63) is 12.2 Å². The van der Waals surface area contributed by atoms with Crippen molar-refractivity contribution in [1.82, 2.24) is 0 Å². The molecule has 0 aromatic heterocycles. The van der Waals surface area contributed by atoms with Crippen molar-refractivity contribution in [3.63, 3.8) is 0 Å². The summed E-state index contributed by atoms with van der Waals surface area (Å²) in [6, 6.07) is 0. The maximum atomic E-state index is 11.5. The zero-order valence-electron chi connectivity index (χ0n) is 13.4. The molecule has 0 aliphatic heterocycles. The van der Waals surface area contributed by atoms with Crippen LogP contribution < -0.4 is 0 Å². The Morgan fingerprint density at radius 3 is 2.41 bits per heavy atom. The molecule has 0 aromatic rings. The molecule has 8 heteroatoms. The highest BCUT2D eigenvalue weighted by molar-refractivity contribution is 5.87. The predicted octanol–water partition coefficient (Wildman–Crippen LogP) is 2.28. The van der Waals surface area contributed by atoms with Gasteiger partial charge in [-0.15, -0.1) is 0 Å². The molecular weight excluding hydrogens is 296 g/mol. The van der Waals surface area contributed by atoms with Gasteiger partial charge in [-0.25, -0.2) is 14.5 Å². The minimum Gasteiger partial charge on any atom is -0.450 e. The molecule has 0 radical (unpaired) electrons. The van der Waals surface area contributed by atoms with Crippen LogP contribution >= 0.6 is 0 Å². The monoisotopic (exact) mass is 320 g/mol. The van der Waals surface area contributed by atoms with Crippen LogP contribution in [-0.2, 0) is 28.8 Å². The molecule has 0 aliphatic rings.